The highest BCUT2D eigenvalue weighted by Crippen LogP contribution is 2.65. The third-order valence-corrected chi connectivity index (χ3v) is 7.25. The third-order valence-electron chi connectivity index (χ3n) is 5.25. The van der Waals surface area contributed by atoms with Gasteiger partial charge in [0.05, 0.1) is 5.60 Å². The van der Waals surface area contributed by atoms with Crippen molar-refractivity contribution >= 4 is 7.37 Å². The SMILES string of the molecule is CC1=CP(=O)(OC23CC4CC(CC(C4)C2)C3)C=C1. The molecule has 5 rings (SSSR count). The molecule has 4 aliphatic carbocycles. The molecule has 3 heteroatoms. The molecule has 2 nitrogen and oxygen atoms in total. The van der Waals surface area contributed by atoms with Gasteiger partial charge in [0, 0.05) is 11.6 Å². The van der Waals surface area contributed by atoms with Crippen LogP contribution < -0.4 is 0 Å². The summed E-state index contributed by atoms with van der Waals surface area (Å²) < 4.78 is 19.0. The lowest BCUT2D eigenvalue weighted by atomic mass is 9.54. The molecule has 1 heterocycles. The fourth-order valence-electron chi connectivity index (χ4n) is 5.09. The van der Waals surface area contributed by atoms with E-state index < -0.39 is 7.37 Å². The van der Waals surface area contributed by atoms with Crippen molar-refractivity contribution in [3.05, 3.63) is 23.3 Å². The quantitative estimate of drug-likeness (QED) is 0.677. The molecule has 5 aliphatic rings. The fraction of sp³-hybridized carbons (Fsp3) is 0.733. The monoisotopic (exact) mass is 264 g/mol. The Kier molecular flexibility index (Phi) is 2.31. The molecule has 0 aromatic carbocycles. The Balaban J connectivity index is 1.62. The van der Waals surface area contributed by atoms with E-state index in [1.807, 2.05) is 18.8 Å². The van der Waals surface area contributed by atoms with Crippen molar-refractivity contribution in [2.45, 2.75) is 51.0 Å². The number of allylic oxidation sites excluding steroid dienone is 2. The molecule has 0 spiro atoms. The number of hydrogen-bond donors (Lipinski definition) is 0. The van der Waals surface area contributed by atoms with E-state index in [2.05, 4.69) is 0 Å². The lowest BCUT2D eigenvalue weighted by Crippen LogP contribution is -2.51. The summed E-state index contributed by atoms with van der Waals surface area (Å²) in [5, 5.41) is 0. The van der Waals surface area contributed by atoms with Gasteiger partial charge in [-0.15, -0.1) is 0 Å². The summed E-state index contributed by atoms with van der Waals surface area (Å²) in [5.74, 6) is 6.20. The van der Waals surface area contributed by atoms with Gasteiger partial charge in [-0.25, -0.2) is 0 Å². The first-order valence-electron chi connectivity index (χ1n) is 7.23. The van der Waals surface area contributed by atoms with Gasteiger partial charge < -0.3 is 4.52 Å². The molecule has 1 unspecified atom stereocenters. The predicted molar refractivity (Wildman–Crippen MR) is 72.5 cm³/mol. The Morgan fingerprint density at radius 2 is 1.72 bits per heavy atom. The second kappa shape index (κ2) is 3.61. The maximum absolute atomic E-state index is 12.7. The van der Waals surface area contributed by atoms with Gasteiger partial charge in [-0.2, -0.15) is 0 Å². The van der Waals surface area contributed by atoms with Crippen molar-refractivity contribution in [3.8, 4) is 0 Å². The molecule has 0 amide bonds. The summed E-state index contributed by atoms with van der Waals surface area (Å²) in [6, 6.07) is 0. The zero-order valence-corrected chi connectivity index (χ0v) is 11.9. The molecule has 98 valence electrons. The Hall–Kier alpha value is -0.330. The zero-order valence-electron chi connectivity index (χ0n) is 11.0. The average Bonchev–Trinajstić information content (AvgIpc) is 2.54. The highest BCUT2D eigenvalue weighted by atomic mass is 31.2. The third kappa shape index (κ3) is 1.77. The summed E-state index contributed by atoms with van der Waals surface area (Å²) in [6.07, 6.45) is 9.62. The molecular weight excluding hydrogens is 243 g/mol. The second-order valence-electron chi connectivity index (χ2n) is 7.03. The summed E-state index contributed by atoms with van der Waals surface area (Å²) in [4.78, 5) is 0. The van der Waals surface area contributed by atoms with Crippen LogP contribution in [0, 0.1) is 17.8 Å². The van der Waals surface area contributed by atoms with Gasteiger partial charge in [-0.1, -0.05) is 6.08 Å². The molecule has 0 radical (unpaired) electrons. The van der Waals surface area contributed by atoms with Gasteiger partial charge in [0.15, 0.2) is 0 Å². The lowest BCUT2D eigenvalue weighted by Gasteiger charge is -2.56. The van der Waals surface area contributed by atoms with E-state index in [1.54, 1.807) is 5.82 Å². The van der Waals surface area contributed by atoms with E-state index in [0.29, 0.717) is 0 Å². The van der Waals surface area contributed by atoms with Crippen molar-refractivity contribution in [2.75, 3.05) is 0 Å². The first kappa shape index (κ1) is 11.5. The van der Waals surface area contributed by atoms with Crippen molar-refractivity contribution in [2.24, 2.45) is 17.8 Å². The predicted octanol–water partition coefficient (Wildman–Crippen LogP) is 4.68. The minimum atomic E-state index is -2.62. The minimum absolute atomic E-state index is 0.0459. The van der Waals surface area contributed by atoms with Gasteiger partial charge in [-0.05, 0) is 68.8 Å². The van der Waals surface area contributed by atoms with Crippen LogP contribution >= 0.6 is 7.37 Å². The summed E-state index contributed by atoms with van der Waals surface area (Å²) >= 11 is 0. The molecule has 0 aromatic heterocycles. The molecule has 18 heavy (non-hydrogen) atoms. The zero-order chi connectivity index (χ0) is 12.4. The minimum Gasteiger partial charge on any atom is -0.316 e. The summed E-state index contributed by atoms with van der Waals surface area (Å²) in [7, 11) is -2.62. The molecule has 0 N–H and O–H groups in total. The van der Waals surface area contributed by atoms with E-state index in [0.717, 1.165) is 42.6 Å². The molecule has 0 saturated heterocycles. The summed E-state index contributed by atoms with van der Waals surface area (Å²) in [5.41, 5.74) is 1.04. The van der Waals surface area contributed by atoms with E-state index in [1.165, 1.54) is 19.3 Å². The van der Waals surface area contributed by atoms with Crippen molar-refractivity contribution in [1.29, 1.82) is 0 Å². The van der Waals surface area contributed by atoms with E-state index in [4.69, 9.17) is 4.52 Å². The van der Waals surface area contributed by atoms with Crippen LogP contribution in [0.15, 0.2) is 23.3 Å². The number of hydrogen-bond acceptors (Lipinski definition) is 2. The first-order chi connectivity index (χ1) is 8.54. The van der Waals surface area contributed by atoms with Crippen LogP contribution in [0.3, 0.4) is 0 Å². The maximum Gasteiger partial charge on any atom is 0.248 e. The fourth-order valence-corrected chi connectivity index (χ4v) is 7.22. The second-order valence-corrected chi connectivity index (χ2v) is 9.06. The van der Waals surface area contributed by atoms with Crippen LogP contribution in [0.2, 0.25) is 0 Å². The van der Waals surface area contributed by atoms with Gasteiger partial charge in [0.2, 0.25) is 7.37 Å². The van der Waals surface area contributed by atoms with Gasteiger partial charge >= 0.3 is 0 Å². The highest BCUT2D eigenvalue weighted by molar-refractivity contribution is 7.65. The molecule has 1 aliphatic heterocycles. The van der Waals surface area contributed by atoms with Crippen LogP contribution in [0.1, 0.15) is 45.4 Å². The molecule has 4 bridgehead atoms. The van der Waals surface area contributed by atoms with E-state index in [9.17, 15) is 4.57 Å². The van der Waals surface area contributed by atoms with Gasteiger partial charge in [0.25, 0.3) is 0 Å². The smallest absolute Gasteiger partial charge is 0.248 e. The highest BCUT2D eigenvalue weighted by Gasteiger charge is 2.53. The Labute approximate surface area is 109 Å². The first-order valence-corrected chi connectivity index (χ1v) is 8.99. The normalized spacial score (nSPS) is 52.9. The van der Waals surface area contributed by atoms with Crippen LogP contribution in [-0.2, 0) is 9.09 Å². The van der Waals surface area contributed by atoms with Crippen molar-refractivity contribution in [1.82, 2.24) is 0 Å². The molecule has 4 saturated carbocycles. The number of rotatable bonds is 2. The van der Waals surface area contributed by atoms with Gasteiger partial charge in [0.1, 0.15) is 0 Å². The van der Waals surface area contributed by atoms with Crippen molar-refractivity contribution < 1.29 is 9.09 Å². The molecular formula is C15H21O2P. The van der Waals surface area contributed by atoms with Crippen LogP contribution in [0.25, 0.3) is 0 Å². The topological polar surface area (TPSA) is 26.3 Å². The average molecular weight is 264 g/mol. The van der Waals surface area contributed by atoms with E-state index in [-0.39, 0.29) is 5.60 Å². The van der Waals surface area contributed by atoms with Gasteiger partial charge in [-0.3, -0.25) is 4.57 Å². The Morgan fingerprint density at radius 1 is 1.17 bits per heavy atom. The van der Waals surface area contributed by atoms with Crippen LogP contribution in [0.4, 0.5) is 0 Å². The molecule has 1 atom stereocenters. The summed E-state index contributed by atoms with van der Waals surface area (Å²) in [6.45, 7) is 2.00. The van der Waals surface area contributed by atoms with Crippen molar-refractivity contribution in [3.63, 3.8) is 0 Å². The molecule has 0 aromatic rings. The van der Waals surface area contributed by atoms with E-state index >= 15 is 0 Å². The Bertz CT molecular complexity index is 453. The molecule has 4 fully saturated rings. The largest absolute Gasteiger partial charge is 0.316 e. The Morgan fingerprint density at radius 3 is 2.17 bits per heavy atom. The standard InChI is InChI=1S/C15H21O2P/c1-11-2-3-18(16,10-11)17-15-7-12-4-13(8-15)6-14(5-12)9-15/h2-3,10,12-14H,4-9H2,1H3. The van der Waals surface area contributed by atoms with Crippen LogP contribution in [-0.4, -0.2) is 5.60 Å². The lowest BCUT2D eigenvalue weighted by molar-refractivity contribution is -0.105. The maximum atomic E-state index is 12.7. The van der Waals surface area contributed by atoms with Crippen LogP contribution in [0.5, 0.6) is 0 Å².